The van der Waals surface area contributed by atoms with Crippen molar-refractivity contribution in [3.63, 3.8) is 0 Å². The highest BCUT2D eigenvalue weighted by molar-refractivity contribution is 5.96. The summed E-state index contributed by atoms with van der Waals surface area (Å²) in [4.78, 5) is 18.8. The van der Waals surface area contributed by atoms with Crippen LogP contribution in [-0.4, -0.2) is 52.3 Å². The molecular weight excluding hydrogens is 358 g/mol. The molecule has 28 heavy (non-hydrogen) atoms. The van der Waals surface area contributed by atoms with Crippen molar-refractivity contribution in [1.29, 1.82) is 0 Å². The Kier molecular flexibility index (Phi) is 5.46. The predicted molar refractivity (Wildman–Crippen MR) is 102 cm³/mol. The number of aromatic nitrogens is 2. The number of rotatable bonds is 6. The largest absolute Gasteiger partial charge is 0.373 e. The first-order valence-corrected chi connectivity index (χ1v) is 9.99. The van der Waals surface area contributed by atoms with Crippen LogP contribution in [0.2, 0.25) is 0 Å². The lowest BCUT2D eigenvalue weighted by atomic mass is 9.84. The van der Waals surface area contributed by atoms with Crippen LogP contribution in [0.25, 0.3) is 0 Å². The average molecular weight is 385 g/mol. The van der Waals surface area contributed by atoms with Gasteiger partial charge in [0.25, 0.3) is 5.91 Å². The fourth-order valence-electron chi connectivity index (χ4n) is 4.08. The summed E-state index contributed by atoms with van der Waals surface area (Å²) in [5.41, 5.74) is 2.12. The second-order valence-corrected chi connectivity index (χ2v) is 7.79. The lowest BCUT2D eigenvalue weighted by Crippen LogP contribution is -2.67. The minimum Gasteiger partial charge on any atom is -0.373 e. The first kappa shape index (κ1) is 19.1. The third-order valence-electron chi connectivity index (χ3n) is 5.55. The maximum Gasteiger partial charge on any atom is 0.259 e. The zero-order valence-electron chi connectivity index (χ0n) is 16.5. The molecule has 7 heteroatoms. The van der Waals surface area contributed by atoms with Gasteiger partial charge in [0.15, 0.2) is 0 Å². The molecule has 2 aliphatic heterocycles. The Morgan fingerprint density at radius 1 is 1.36 bits per heavy atom. The number of likely N-dealkylation sites (tertiary alicyclic amines) is 1. The minimum atomic E-state index is -0.285. The van der Waals surface area contributed by atoms with Crippen LogP contribution in [0.3, 0.4) is 0 Å². The van der Waals surface area contributed by atoms with E-state index in [0.717, 1.165) is 31.2 Å². The fraction of sp³-hybridized carbons (Fsp3) is 0.571. The van der Waals surface area contributed by atoms with Crippen LogP contribution in [-0.2, 0) is 22.5 Å². The molecule has 4 heterocycles. The smallest absolute Gasteiger partial charge is 0.259 e. The Morgan fingerprint density at radius 3 is 2.89 bits per heavy atom. The van der Waals surface area contributed by atoms with Gasteiger partial charge in [-0.2, -0.15) is 0 Å². The summed E-state index contributed by atoms with van der Waals surface area (Å²) in [7, 11) is 0. The number of nitrogens with zero attached hydrogens (tertiary/aromatic N) is 3. The quantitative estimate of drug-likeness (QED) is 0.761. The molecule has 2 saturated heterocycles. The summed E-state index contributed by atoms with van der Waals surface area (Å²) in [6.45, 7) is 6.31. The van der Waals surface area contributed by atoms with E-state index in [2.05, 4.69) is 17.1 Å². The molecule has 4 rings (SSSR count). The van der Waals surface area contributed by atoms with Gasteiger partial charge in [0.1, 0.15) is 16.9 Å². The summed E-state index contributed by atoms with van der Waals surface area (Å²) in [6.07, 6.45) is 7.03. The average Bonchev–Trinajstić information content (AvgIpc) is 3.05. The lowest BCUT2D eigenvalue weighted by Gasteiger charge is -2.53. The Morgan fingerprint density at radius 2 is 2.14 bits per heavy atom. The molecule has 7 nitrogen and oxygen atoms in total. The van der Waals surface area contributed by atoms with Crippen LogP contribution in [0.1, 0.15) is 53.6 Å². The molecule has 1 amide bonds. The van der Waals surface area contributed by atoms with E-state index >= 15 is 0 Å². The molecule has 150 valence electrons. The first-order chi connectivity index (χ1) is 13.6. The van der Waals surface area contributed by atoms with E-state index in [1.54, 1.807) is 12.4 Å². The second-order valence-electron chi connectivity index (χ2n) is 7.79. The van der Waals surface area contributed by atoms with Crippen molar-refractivity contribution in [1.82, 2.24) is 15.0 Å². The normalized spacial score (nSPS) is 20.9. The SMILES string of the molecule is CCCc1onc(C)c1C(=O)N1CC2(CC(OCc3ccncc3)CCO2)C1. The van der Waals surface area contributed by atoms with Gasteiger partial charge in [0.05, 0.1) is 31.5 Å². The molecule has 2 aliphatic rings. The van der Waals surface area contributed by atoms with Gasteiger partial charge in [-0.05, 0) is 37.5 Å². The van der Waals surface area contributed by atoms with E-state index in [1.165, 1.54) is 0 Å². The molecule has 1 unspecified atom stereocenters. The second kappa shape index (κ2) is 8.01. The van der Waals surface area contributed by atoms with E-state index in [0.29, 0.717) is 43.3 Å². The van der Waals surface area contributed by atoms with E-state index in [9.17, 15) is 4.79 Å². The topological polar surface area (TPSA) is 77.7 Å². The van der Waals surface area contributed by atoms with Crippen molar-refractivity contribution in [2.45, 2.75) is 57.8 Å². The number of amides is 1. The molecule has 0 bridgehead atoms. The van der Waals surface area contributed by atoms with Crippen LogP contribution in [0.15, 0.2) is 29.0 Å². The highest BCUT2D eigenvalue weighted by atomic mass is 16.5. The molecule has 2 fully saturated rings. The summed E-state index contributed by atoms with van der Waals surface area (Å²) in [5, 5.41) is 3.99. The molecule has 0 N–H and O–H groups in total. The number of carbonyl (C=O) groups is 1. The third kappa shape index (κ3) is 3.82. The van der Waals surface area contributed by atoms with Crippen molar-refractivity contribution in [2.24, 2.45) is 0 Å². The van der Waals surface area contributed by atoms with Gasteiger partial charge in [0.2, 0.25) is 0 Å². The van der Waals surface area contributed by atoms with Crippen molar-refractivity contribution in [3.05, 3.63) is 47.1 Å². The maximum absolute atomic E-state index is 13.0. The van der Waals surface area contributed by atoms with Gasteiger partial charge in [0, 0.05) is 31.8 Å². The lowest BCUT2D eigenvalue weighted by molar-refractivity contribution is -0.188. The first-order valence-electron chi connectivity index (χ1n) is 9.99. The third-order valence-corrected chi connectivity index (χ3v) is 5.55. The maximum atomic E-state index is 13.0. The zero-order chi connectivity index (χ0) is 19.6. The van der Waals surface area contributed by atoms with Gasteiger partial charge in [-0.3, -0.25) is 9.78 Å². The van der Waals surface area contributed by atoms with Crippen molar-refractivity contribution < 1.29 is 18.8 Å². The Bertz CT molecular complexity index is 814. The summed E-state index contributed by atoms with van der Waals surface area (Å²) in [5.74, 6) is 0.685. The molecule has 1 spiro atoms. The number of hydrogen-bond acceptors (Lipinski definition) is 6. The van der Waals surface area contributed by atoms with Crippen LogP contribution in [0.4, 0.5) is 0 Å². The number of pyridine rings is 1. The van der Waals surface area contributed by atoms with Crippen molar-refractivity contribution >= 4 is 5.91 Å². The molecule has 1 atom stereocenters. The van der Waals surface area contributed by atoms with Crippen molar-refractivity contribution in [2.75, 3.05) is 19.7 Å². The predicted octanol–water partition coefficient (Wildman–Crippen LogP) is 2.92. The molecular formula is C21H27N3O4. The van der Waals surface area contributed by atoms with Crippen LogP contribution >= 0.6 is 0 Å². The number of carbonyl (C=O) groups excluding carboxylic acids is 1. The van der Waals surface area contributed by atoms with Gasteiger partial charge in [-0.15, -0.1) is 0 Å². The Balaban J connectivity index is 1.34. The Hall–Kier alpha value is -2.25. The molecule has 2 aromatic heterocycles. The summed E-state index contributed by atoms with van der Waals surface area (Å²) >= 11 is 0. The number of aryl methyl sites for hydroxylation is 2. The van der Waals surface area contributed by atoms with Gasteiger partial charge in [-0.25, -0.2) is 0 Å². The molecule has 0 aliphatic carbocycles. The van der Waals surface area contributed by atoms with Gasteiger partial charge >= 0.3 is 0 Å². The molecule has 0 saturated carbocycles. The van der Waals surface area contributed by atoms with Crippen molar-refractivity contribution in [3.8, 4) is 0 Å². The van der Waals surface area contributed by atoms with E-state index in [-0.39, 0.29) is 17.6 Å². The van der Waals surface area contributed by atoms with Crippen LogP contribution in [0, 0.1) is 6.92 Å². The highest BCUT2D eigenvalue weighted by Crippen LogP contribution is 2.37. The number of ether oxygens (including phenoxy) is 2. The highest BCUT2D eigenvalue weighted by Gasteiger charge is 2.50. The van der Waals surface area contributed by atoms with Gasteiger partial charge in [-0.1, -0.05) is 12.1 Å². The van der Waals surface area contributed by atoms with E-state index < -0.39 is 0 Å². The molecule has 0 aromatic carbocycles. The zero-order valence-corrected chi connectivity index (χ0v) is 16.5. The monoisotopic (exact) mass is 385 g/mol. The van der Waals surface area contributed by atoms with E-state index in [1.807, 2.05) is 24.0 Å². The van der Waals surface area contributed by atoms with Gasteiger partial charge < -0.3 is 18.9 Å². The Labute approximate surface area is 165 Å². The van der Waals surface area contributed by atoms with Crippen LogP contribution in [0.5, 0.6) is 0 Å². The molecule has 0 radical (unpaired) electrons. The minimum absolute atomic E-state index is 0.00347. The summed E-state index contributed by atoms with van der Waals surface area (Å²) in [6, 6.07) is 3.93. The number of hydrogen-bond donors (Lipinski definition) is 0. The van der Waals surface area contributed by atoms with Crippen LogP contribution < -0.4 is 0 Å². The summed E-state index contributed by atoms with van der Waals surface area (Å²) < 4.78 is 17.5. The fourth-order valence-corrected chi connectivity index (χ4v) is 4.08. The van der Waals surface area contributed by atoms with E-state index in [4.69, 9.17) is 14.0 Å². The molecule has 2 aromatic rings. The standard InChI is InChI=1S/C21H27N3O4/c1-3-4-18-19(15(2)23-28-18)20(25)24-13-21(14-24)11-17(7-10-27-21)26-12-16-5-8-22-9-6-16/h5-6,8-9,17H,3-4,7,10-14H2,1-2H3.